The van der Waals surface area contributed by atoms with E-state index in [4.69, 9.17) is 14.2 Å². The van der Waals surface area contributed by atoms with Gasteiger partial charge < -0.3 is 19.3 Å². The molecule has 5 heteroatoms. The van der Waals surface area contributed by atoms with Crippen LogP contribution in [-0.4, -0.2) is 37.5 Å². The van der Waals surface area contributed by atoms with Crippen molar-refractivity contribution in [2.45, 2.75) is 39.4 Å². The molecule has 1 rings (SSSR count). The van der Waals surface area contributed by atoms with E-state index in [-0.39, 0.29) is 12.2 Å². The minimum absolute atomic E-state index is 0.158. The summed E-state index contributed by atoms with van der Waals surface area (Å²) in [5.41, 5.74) is 0.668. The van der Waals surface area contributed by atoms with Gasteiger partial charge in [-0.05, 0) is 26.3 Å². The molecule has 22 heavy (non-hydrogen) atoms. The van der Waals surface area contributed by atoms with Crippen LogP contribution in [0.3, 0.4) is 0 Å². The third-order valence-electron chi connectivity index (χ3n) is 3.27. The van der Waals surface area contributed by atoms with Crippen LogP contribution in [0.25, 0.3) is 0 Å². The Balaban J connectivity index is 3.23. The molecule has 0 amide bonds. The highest BCUT2D eigenvalue weighted by molar-refractivity contribution is 5.89. The maximum atomic E-state index is 11.5. The van der Waals surface area contributed by atoms with Crippen molar-refractivity contribution in [3.63, 3.8) is 0 Å². The second kappa shape index (κ2) is 9.56. The van der Waals surface area contributed by atoms with Crippen LogP contribution in [0.4, 0.5) is 0 Å². The van der Waals surface area contributed by atoms with Gasteiger partial charge in [0.05, 0.1) is 12.2 Å². The molecular weight excluding hydrogens is 284 g/mol. The zero-order chi connectivity index (χ0) is 16.4. The van der Waals surface area contributed by atoms with Gasteiger partial charge in [-0.15, -0.1) is 0 Å². The van der Waals surface area contributed by atoms with E-state index < -0.39 is 11.8 Å². The van der Waals surface area contributed by atoms with Crippen molar-refractivity contribution in [1.29, 1.82) is 0 Å². The molecule has 0 aliphatic rings. The van der Waals surface area contributed by atoms with Crippen LogP contribution in [0.15, 0.2) is 24.3 Å². The van der Waals surface area contributed by atoms with Crippen molar-refractivity contribution in [2.75, 3.05) is 26.4 Å². The first-order chi connectivity index (χ1) is 10.6. The van der Waals surface area contributed by atoms with Gasteiger partial charge in [0.2, 0.25) is 5.79 Å². The Hall–Kier alpha value is -1.43. The lowest BCUT2D eigenvalue weighted by molar-refractivity contribution is -0.269. The second-order valence-corrected chi connectivity index (χ2v) is 4.88. The van der Waals surface area contributed by atoms with Crippen molar-refractivity contribution < 1.29 is 24.1 Å². The summed E-state index contributed by atoms with van der Waals surface area (Å²) in [6, 6.07) is 6.76. The molecule has 0 fully saturated rings. The summed E-state index contributed by atoms with van der Waals surface area (Å²) in [5.74, 6) is -2.19. The van der Waals surface area contributed by atoms with Crippen LogP contribution in [0.2, 0.25) is 0 Å². The summed E-state index contributed by atoms with van der Waals surface area (Å²) in [7, 11) is 0. The predicted octanol–water partition coefficient (Wildman–Crippen LogP) is 3.43. The monoisotopic (exact) mass is 310 g/mol. The highest BCUT2D eigenvalue weighted by Crippen LogP contribution is 2.31. The molecule has 1 atom stereocenters. The van der Waals surface area contributed by atoms with Crippen LogP contribution >= 0.6 is 0 Å². The number of benzene rings is 1. The first-order valence-electron chi connectivity index (χ1n) is 7.79. The topological polar surface area (TPSA) is 65.0 Å². The first kappa shape index (κ1) is 18.6. The zero-order valence-corrected chi connectivity index (χ0v) is 13.6. The lowest BCUT2D eigenvalue weighted by Gasteiger charge is -2.34. The first-order valence-corrected chi connectivity index (χ1v) is 7.79. The Morgan fingerprint density at radius 2 is 1.86 bits per heavy atom. The zero-order valence-electron chi connectivity index (χ0n) is 13.6. The van der Waals surface area contributed by atoms with Crippen molar-refractivity contribution in [3.8, 4) is 0 Å². The molecule has 1 aromatic carbocycles. The molecule has 1 unspecified atom stereocenters. The standard InChI is InChI=1S/C17H26O5/c1-4-7-12-22-17(21-6-3,13-20-5-2)15-11-9-8-10-14(15)16(18)19/h8-11H,4-7,12-13H2,1-3H3,(H,18,19). The third kappa shape index (κ3) is 4.80. The maximum Gasteiger partial charge on any atom is 0.336 e. The maximum absolute atomic E-state index is 11.5. The van der Waals surface area contributed by atoms with E-state index in [1.54, 1.807) is 24.3 Å². The fourth-order valence-electron chi connectivity index (χ4n) is 2.21. The minimum Gasteiger partial charge on any atom is -0.478 e. The highest BCUT2D eigenvalue weighted by atomic mass is 16.7. The molecule has 0 heterocycles. The van der Waals surface area contributed by atoms with E-state index in [1.807, 2.05) is 13.8 Å². The highest BCUT2D eigenvalue weighted by Gasteiger charge is 2.38. The second-order valence-electron chi connectivity index (χ2n) is 4.88. The number of carbonyl (C=O) groups is 1. The van der Waals surface area contributed by atoms with Gasteiger partial charge in [0.1, 0.15) is 6.61 Å². The van der Waals surface area contributed by atoms with Crippen molar-refractivity contribution in [2.24, 2.45) is 0 Å². The Morgan fingerprint density at radius 3 is 2.45 bits per heavy atom. The van der Waals surface area contributed by atoms with Gasteiger partial charge in [0.25, 0.3) is 0 Å². The summed E-state index contributed by atoms with van der Waals surface area (Å²) in [5, 5.41) is 9.44. The van der Waals surface area contributed by atoms with Gasteiger partial charge in [-0.1, -0.05) is 31.5 Å². The summed E-state index contributed by atoms with van der Waals surface area (Å²) in [6.45, 7) is 7.34. The van der Waals surface area contributed by atoms with Crippen LogP contribution in [0.5, 0.6) is 0 Å². The van der Waals surface area contributed by atoms with Gasteiger partial charge in [-0.3, -0.25) is 0 Å². The van der Waals surface area contributed by atoms with E-state index in [2.05, 4.69) is 6.92 Å². The van der Waals surface area contributed by atoms with E-state index in [9.17, 15) is 9.90 Å². The molecule has 0 aliphatic heterocycles. The molecule has 0 bridgehead atoms. The van der Waals surface area contributed by atoms with Gasteiger partial charge in [0, 0.05) is 18.8 Å². The molecule has 0 spiro atoms. The number of carboxylic acids is 1. The summed E-state index contributed by atoms with van der Waals surface area (Å²) in [4.78, 5) is 11.5. The van der Waals surface area contributed by atoms with Crippen molar-refractivity contribution >= 4 is 5.97 Å². The van der Waals surface area contributed by atoms with E-state index in [0.29, 0.717) is 25.4 Å². The molecule has 5 nitrogen and oxygen atoms in total. The summed E-state index contributed by atoms with van der Waals surface area (Å²) >= 11 is 0. The number of ether oxygens (including phenoxy) is 3. The molecule has 0 saturated heterocycles. The summed E-state index contributed by atoms with van der Waals surface area (Å²) in [6.07, 6.45) is 1.85. The number of hydrogen-bond donors (Lipinski definition) is 1. The number of aromatic carboxylic acids is 1. The van der Waals surface area contributed by atoms with Crippen LogP contribution in [0, 0.1) is 0 Å². The van der Waals surface area contributed by atoms with Gasteiger partial charge in [-0.25, -0.2) is 4.79 Å². The molecule has 1 N–H and O–H groups in total. The fraction of sp³-hybridized carbons (Fsp3) is 0.588. The van der Waals surface area contributed by atoms with E-state index >= 15 is 0 Å². The van der Waals surface area contributed by atoms with Crippen molar-refractivity contribution in [1.82, 2.24) is 0 Å². The SMILES string of the molecule is CCCCOC(COCC)(OCC)c1ccccc1C(=O)O. The van der Waals surface area contributed by atoms with Crippen molar-refractivity contribution in [3.05, 3.63) is 35.4 Å². The molecule has 1 aromatic rings. The smallest absolute Gasteiger partial charge is 0.336 e. The number of carboxylic acid groups (broad SMARTS) is 1. The third-order valence-corrected chi connectivity index (χ3v) is 3.27. The van der Waals surface area contributed by atoms with Crippen LogP contribution in [0.1, 0.15) is 49.5 Å². The molecule has 0 radical (unpaired) electrons. The Labute approximate surface area is 132 Å². The number of unbranched alkanes of at least 4 members (excludes halogenated alkanes) is 1. The van der Waals surface area contributed by atoms with Gasteiger partial charge in [-0.2, -0.15) is 0 Å². The average molecular weight is 310 g/mol. The number of hydrogen-bond acceptors (Lipinski definition) is 4. The fourth-order valence-corrected chi connectivity index (χ4v) is 2.21. The molecular formula is C17H26O5. The molecule has 0 aliphatic carbocycles. The average Bonchev–Trinajstić information content (AvgIpc) is 2.53. The van der Waals surface area contributed by atoms with Gasteiger partial charge in [0.15, 0.2) is 0 Å². The van der Waals surface area contributed by atoms with E-state index in [1.165, 1.54) is 0 Å². The largest absolute Gasteiger partial charge is 0.478 e. The minimum atomic E-state index is -1.19. The molecule has 0 saturated carbocycles. The Kier molecular flexibility index (Phi) is 8.09. The Morgan fingerprint density at radius 1 is 1.14 bits per heavy atom. The van der Waals surface area contributed by atoms with Gasteiger partial charge >= 0.3 is 5.97 Å². The summed E-state index contributed by atoms with van der Waals surface area (Å²) < 4.78 is 17.4. The molecule has 124 valence electrons. The normalized spacial score (nSPS) is 13.8. The lowest BCUT2D eigenvalue weighted by atomic mass is 9.99. The Bertz CT molecular complexity index is 460. The lowest BCUT2D eigenvalue weighted by Crippen LogP contribution is -2.40. The number of rotatable bonds is 11. The predicted molar refractivity (Wildman–Crippen MR) is 84.1 cm³/mol. The van der Waals surface area contributed by atoms with Crippen LogP contribution in [-0.2, 0) is 20.0 Å². The van der Waals surface area contributed by atoms with E-state index in [0.717, 1.165) is 12.8 Å². The quantitative estimate of drug-likeness (QED) is 0.501. The molecule has 0 aromatic heterocycles. The van der Waals surface area contributed by atoms with Crippen LogP contribution < -0.4 is 0 Å².